The number of pyridine rings is 2. The summed E-state index contributed by atoms with van der Waals surface area (Å²) in [6, 6.07) is 23.2. The van der Waals surface area contributed by atoms with Crippen molar-refractivity contribution in [3.63, 3.8) is 0 Å². The minimum Gasteiger partial charge on any atom is -0.545 e. The maximum Gasteiger partial charge on any atom is 2.00 e. The molecule has 3 aromatic carbocycles. The second-order valence-corrected chi connectivity index (χ2v) is 7.27. The van der Waals surface area contributed by atoms with Crippen molar-refractivity contribution in [2.75, 3.05) is 0 Å². The average molecular weight is 610 g/mol. The molecule has 0 aliphatic heterocycles. The number of aromatic carboxylic acids is 2. The van der Waals surface area contributed by atoms with Crippen molar-refractivity contribution >= 4 is 46.3 Å². The molecule has 0 fully saturated rings. The van der Waals surface area contributed by atoms with Crippen molar-refractivity contribution < 1.29 is 62.2 Å². The predicted molar refractivity (Wildman–Crippen MR) is 134 cm³/mol. The van der Waals surface area contributed by atoms with Gasteiger partial charge in [0.1, 0.15) is 12.6 Å². The van der Waals surface area contributed by atoms with Crippen LogP contribution in [0.2, 0.25) is 0 Å². The molecule has 10 heteroatoms. The van der Waals surface area contributed by atoms with E-state index in [9.17, 15) is 29.4 Å². The molecule has 3 N–H and O–H groups in total. The van der Waals surface area contributed by atoms with Gasteiger partial charge in [0.05, 0.1) is 23.0 Å². The van der Waals surface area contributed by atoms with Crippen LogP contribution in [0.1, 0.15) is 41.4 Å². The number of carboxylic acid groups (broad SMARTS) is 2. The zero-order valence-electron chi connectivity index (χ0n) is 20.0. The molecular weight excluding hydrogens is 589 g/mol. The van der Waals surface area contributed by atoms with E-state index in [4.69, 9.17) is 0 Å². The fourth-order valence-corrected chi connectivity index (χ4v) is 3.08. The van der Waals surface area contributed by atoms with Crippen molar-refractivity contribution in [2.24, 2.45) is 0 Å². The van der Waals surface area contributed by atoms with Gasteiger partial charge in [-0.2, -0.15) is 0 Å². The number of hydrogen-bond acceptors (Lipinski definition) is 8. The summed E-state index contributed by atoms with van der Waals surface area (Å²) in [4.78, 5) is 49.3. The number of rotatable bonds is 4. The van der Waals surface area contributed by atoms with Gasteiger partial charge in [0.2, 0.25) is 0 Å². The first-order chi connectivity index (χ1) is 17.4. The second-order valence-electron chi connectivity index (χ2n) is 7.27. The van der Waals surface area contributed by atoms with E-state index in [2.05, 4.69) is 34.2 Å². The zero-order valence-corrected chi connectivity index (χ0v) is 24.1. The quantitative estimate of drug-likeness (QED) is 0.128. The molecule has 2 heterocycles. The number of benzene rings is 3. The Kier molecular flexibility index (Phi) is 13.1. The van der Waals surface area contributed by atoms with Crippen LogP contribution in [0.25, 0.3) is 21.8 Å². The molecule has 0 aliphatic carbocycles. The van der Waals surface area contributed by atoms with Crippen molar-refractivity contribution in [3.05, 3.63) is 120 Å². The standard InChI is InChI=1S/C12H8N2.2C8H6O3.Cd.H2O/c1-3-9-5-6-10-4-2-8-14-12(10)11(9)13-7-1;2*9-5-6-1-3-7(4-2-6)8(10)11;;/h1-8H;2*1-5H,(H,10,11);;1H2/q;;;+2;/p-1. The molecule has 0 aliphatic rings. The fourth-order valence-electron chi connectivity index (χ4n) is 3.08. The Morgan fingerprint density at radius 3 is 1.21 bits per heavy atom. The monoisotopic (exact) mass is 611 g/mol. The number of aldehydes is 2. The normalized spacial score (nSPS) is 9.26. The van der Waals surface area contributed by atoms with Gasteiger partial charge in [0.25, 0.3) is 0 Å². The summed E-state index contributed by atoms with van der Waals surface area (Å²) in [5, 5.41) is 22.7. The van der Waals surface area contributed by atoms with Gasteiger partial charge in [-0.05, 0) is 23.3 Å². The number of aromatic nitrogens is 2. The zero-order chi connectivity index (χ0) is 25.9. The molecule has 0 spiro atoms. The Hall–Kier alpha value is -4.36. The molecule has 5 rings (SSSR count). The van der Waals surface area contributed by atoms with Gasteiger partial charge in [-0.3, -0.25) is 19.6 Å². The second kappa shape index (κ2) is 15.7. The maximum atomic E-state index is 10.2. The molecule has 0 atom stereocenters. The Balaban J connectivity index is 0.000000281. The van der Waals surface area contributed by atoms with E-state index in [0.29, 0.717) is 23.7 Å². The molecule has 0 saturated carbocycles. The molecule has 0 amide bonds. The van der Waals surface area contributed by atoms with E-state index in [0.717, 1.165) is 21.8 Å². The Morgan fingerprint density at radius 2 is 0.921 bits per heavy atom. The van der Waals surface area contributed by atoms with E-state index >= 15 is 0 Å². The fraction of sp³-hybridized carbons (Fsp3) is 0. The van der Waals surface area contributed by atoms with Gasteiger partial charge in [-0.15, -0.1) is 0 Å². The summed E-state index contributed by atoms with van der Waals surface area (Å²) >= 11 is 0. The number of fused-ring (bicyclic) bond motifs is 3. The number of carboxylic acids is 2. The van der Waals surface area contributed by atoms with E-state index < -0.39 is 11.9 Å². The summed E-state index contributed by atoms with van der Waals surface area (Å²) in [6.45, 7) is 0. The van der Waals surface area contributed by atoms with E-state index in [1.807, 2.05) is 12.1 Å². The van der Waals surface area contributed by atoms with Crippen LogP contribution in [-0.2, 0) is 32.8 Å². The minimum atomic E-state index is -1.23. The third-order valence-corrected chi connectivity index (χ3v) is 4.91. The van der Waals surface area contributed by atoms with E-state index in [1.54, 1.807) is 12.4 Å². The van der Waals surface area contributed by atoms with Crippen molar-refractivity contribution in [1.29, 1.82) is 0 Å². The van der Waals surface area contributed by atoms with Crippen molar-refractivity contribution in [1.82, 2.24) is 9.97 Å². The smallest absolute Gasteiger partial charge is 0.545 e. The summed E-state index contributed by atoms with van der Waals surface area (Å²) < 4.78 is 0. The predicted octanol–water partition coefficient (Wildman–Crippen LogP) is 1.58. The van der Waals surface area contributed by atoms with Crippen LogP contribution in [0, 0.1) is 0 Å². The van der Waals surface area contributed by atoms with Gasteiger partial charge in [-0.25, -0.2) is 0 Å². The van der Waals surface area contributed by atoms with Crippen molar-refractivity contribution in [3.8, 4) is 0 Å². The number of hydrogen-bond donors (Lipinski definition) is 0. The molecule has 0 bridgehead atoms. The van der Waals surface area contributed by atoms with Crippen LogP contribution in [0.3, 0.4) is 0 Å². The molecule has 5 aromatic rings. The molecule has 0 saturated heterocycles. The van der Waals surface area contributed by atoms with Gasteiger partial charge < -0.3 is 25.3 Å². The van der Waals surface area contributed by atoms with Gasteiger partial charge in [-0.1, -0.05) is 72.8 Å². The first-order valence-electron chi connectivity index (χ1n) is 10.5. The van der Waals surface area contributed by atoms with E-state index in [-0.39, 0.29) is 43.9 Å². The summed E-state index contributed by atoms with van der Waals surface area (Å²) in [7, 11) is 0. The summed E-state index contributed by atoms with van der Waals surface area (Å²) in [5.41, 5.74) is 3.02. The van der Waals surface area contributed by atoms with Crippen molar-refractivity contribution in [2.45, 2.75) is 0 Å². The van der Waals surface area contributed by atoms with Gasteiger partial charge in [0, 0.05) is 34.3 Å². The first-order valence-corrected chi connectivity index (χ1v) is 10.5. The van der Waals surface area contributed by atoms with Crippen LogP contribution in [-0.4, -0.2) is 34.5 Å². The van der Waals surface area contributed by atoms with Crippen LogP contribution >= 0.6 is 0 Å². The molecule has 186 valence electrons. The number of carbonyl (C=O) groups is 4. The Labute approximate surface area is 237 Å². The van der Waals surface area contributed by atoms with Gasteiger partial charge in [0.15, 0.2) is 0 Å². The average Bonchev–Trinajstić information content (AvgIpc) is 2.93. The third-order valence-electron chi connectivity index (χ3n) is 4.91. The van der Waals surface area contributed by atoms with Crippen LogP contribution in [0.4, 0.5) is 0 Å². The number of carbonyl (C=O) groups excluding carboxylic acids is 4. The molecule has 38 heavy (non-hydrogen) atoms. The molecule has 0 unspecified atom stereocenters. The third kappa shape index (κ3) is 8.64. The molecule has 0 radical (unpaired) electrons. The first kappa shape index (κ1) is 31.7. The largest absolute Gasteiger partial charge is 2.00 e. The Bertz CT molecular complexity index is 1410. The van der Waals surface area contributed by atoms with E-state index in [1.165, 1.54) is 48.5 Å². The van der Waals surface area contributed by atoms with Gasteiger partial charge >= 0.3 is 27.3 Å². The Morgan fingerprint density at radius 1 is 0.579 bits per heavy atom. The molecule has 2 aromatic heterocycles. The SMILES string of the molecule is O=Cc1ccc(C(=O)[O-])cc1.O=Cc1ccc(C(=O)[O-])cc1.[Cd+2].[OH3+].c1cnc2c(c1)ccc1cccnc12. The molecule has 9 nitrogen and oxygen atoms in total. The number of nitrogens with zero attached hydrogens (tertiary/aromatic N) is 2. The molecular formula is C28H21CdN2O7+. The topological polar surface area (TPSA) is 173 Å². The van der Waals surface area contributed by atoms with Crippen LogP contribution in [0.5, 0.6) is 0 Å². The summed E-state index contributed by atoms with van der Waals surface area (Å²) in [5.74, 6) is -2.47. The van der Waals surface area contributed by atoms with Crippen LogP contribution < -0.4 is 10.2 Å². The summed E-state index contributed by atoms with van der Waals surface area (Å²) in [6.07, 6.45) is 4.91. The maximum absolute atomic E-state index is 10.2. The minimum absolute atomic E-state index is 0. The van der Waals surface area contributed by atoms with Crippen LogP contribution in [0.15, 0.2) is 97.3 Å².